The summed E-state index contributed by atoms with van der Waals surface area (Å²) < 4.78 is 13.4. The van der Waals surface area contributed by atoms with Gasteiger partial charge in [0.05, 0.1) is 5.69 Å². The zero-order valence-electron chi connectivity index (χ0n) is 9.09. The number of phenols is 1. The molecule has 2 rings (SSSR count). The van der Waals surface area contributed by atoms with Crippen LogP contribution in [0.15, 0.2) is 36.5 Å². The van der Waals surface area contributed by atoms with Gasteiger partial charge < -0.3 is 15.5 Å². The SMILES string of the molecule is O=C(Nc1cccc(O)c1F)c1ncccc1O. The maximum absolute atomic E-state index is 13.4. The molecule has 5 nitrogen and oxygen atoms in total. The van der Waals surface area contributed by atoms with Gasteiger partial charge in [-0.15, -0.1) is 0 Å². The molecule has 0 aliphatic heterocycles. The Labute approximate surface area is 102 Å². The lowest BCUT2D eigenvalue weighted by molar-refractivity contribution is 0.101. The first-order chi connectivity index (χ1) is 8.59. The molecule has 0 aliphatic rings. The number of anilines is 1. The molecule has 0 fully saturated rings. The highest BCUT2D eigenvalue weighted by atomic mass is 19.1. The topological polar surface area (TPSA) is 82.5 Å². The summed E-state index contributed by atoms with van der Waals surface area (Å²) in [6.45, 7) is 0. The second-order valence-corrected chi connectivity index (χ2v) is 3.46. The quantitative estimate of drug-likeness (QED) is 0.757. The van der Waals surface area contributed by atoms with Crippen LogP contribution in [0.5, 0.6) is 11.5 Å². The number of rotatable bonds is 2. The molecule has 0 spiro atoms. The number of pyridine rings is 1. The van der Waals surface area contributed by atoms with E-state index in [0.29, 0.717) is 0 Å². The minimum absolute atomic E-state index is 0.190. The van der Waals surface area contributed by atoms with Gasteiger partial charge in [0.15, 0.2) is 17.3 Å². The number of aromatic hydroxyl groups is 2. The fraction of sp³-hybridized carbons (Fsp3) is 0. The highest BCUT2D eigenvalue weighted by molar-refractivity contribution is 6.04. The number of hydrogen-bond donors (Lipinski definition) is 3. The van der Waals surface area contributed by atoms with Crippen LogP contribution in [-0.4, -0.2) is 21.1 Å². The van der Waals surface area contributed by atoms with E-state index in [2.05, 4.69) is 10.3 Å². The number of carbonyl (C=O) groups is 1. The molecule has 0 saturated heterocycles. The maximum Gasteiger partial charge on any atom is 0.278 e. The summed E-state index contributed by atoms with van der Waals surface area (Å²) in [4.78, 5) is 15.4. The number of nitrogens with one attached hydrogen (secondary N) is 1. The lowest BCUT2D eigenvalue weighted by Crippen LogP contribution is -2.14. The third-order valence-corrected chi connectivity index (χ3v) is 2.23. The molecule has 0 unspecified atom stereocenters. The molecule has 1 heterocycles. The molecule has 3 N–H and O–H groups in total. The first-order valence-electron chi connectivity index (χ1n) is 5.02. The number of carbonyl (C=O) groups excluding carboxylic acids is 1. The van der Waals surface area contributed by atoms with E-state index in [1.165, 1.54) is 30.5 Å². The Morgan fingerprint density at radius 1 is 1.17 bits per heavy atom. The van der Waals surface area contributed by atoms with E-state index in [-0.39, 0.29) is 17.1 Å². The van der Waals surface area contributed by atoms with E-state index in [4.69, 9.17) is 5.11 Å². The second kappa shape index (κ2) is 4.70. The van der Waals surface area contributed by atoms with Gasteiger partial charge in [-0.05, 0) is 24.3 Å². The third-order valence-electron chi connectivity index (χ3n) is 2.23. The molecule has 18 heavy (non-hydrogen) atoms. The Balaban J connectivity index is 2.27. The minimum Gasteiger partial charge on any atom is -0.505 e. The molecule has 1 aromatic heterocycles. The van der Waals surface area contributed by atoms with Crippen LogP contribution < -0.4 is 5.32 Å². The molecular formula is C12H9FN2O3. The fourth-order valence-electron chi connectivity index (χ4n) is 1.37. The molecule has 0 atom stereocenters. The largest absolute Gasteiger partial charge is 0.505 e. The lowest BCUT2D eigenvalue weighted by Gasteiger charge is -2.07. The Hall–Kier alpha value is -2.63. The Kier molecular flexibility index (Phi) is 3.09. The van der Waals surface area contributed by atoms with Crippen molar-refractivity contribution in [2.45, 2.75) is 0 Å². The second-order valence-electron chi connectivity index (χ2n) is 3.46. The van der Waals surface area contributed by atoms with Crippen molar-refractivity contribution in [2.75, 3.05) is 5.32 Å². The molecule has 2 aromatic rings. The zero-order chi connectivity index (χ0) is 13.1. The number of nitrogens with zero attached hydrogens (tertiary/aromatic N) is 1. The molecule has 0 saturated carbocycles. The normalized spacial score (nSPS) is 10.1. The van der Waals surface area contributed by atoms with E-state index in [1.807, 2.05) is 0 Å². The summed E-state index contributed by atoms with van der Waals surface area (Å²) in [7, 11) is 0. The predicted molar refractivity (Wildman–Crippen MR) is 61.9 cm³/mol. The van der Waals surface area contributed by atoms with Gasteiger partial charge in [-0.25, -0.2) is 9.37 Å². The van der Waals surface area contributed by atoms with Gasteiger partial charge in [-0.1, -0.05) is 6.07 Å². The van der Waals surface area contributed by atoms with Crippen LogP contribution in [0.3, 0.4) is 0 Å². The summed E-state index contributed by atoms with van der Waals surface area (Å²) in [6, 6.07) is 6.57. The van der Waals surface area contributed by atoms with Crippen molar-refractivity contribution in [3.05, 3.63) is 48.0 Å². The third kappa shape index (κ3) is 2.22. The van der Waals surface area contributed by atoms with E-state index in [0.717, 1.165) is 6.07 Å². The van der Waals surface area contributed by atoms with E-state index in [1.54, 1.807) is 0 Å². The standard InChI is InChI=1S/C12H9FN2O3/c13-10-7(3-1-4-8(10)16)15-12(18)11-9(17)5-2-6-14-11/h1-6,16-17H,(H,15,18). The number of aromatic nitrogens is 1. The molecule has 6 heteroatoms. The van der Waals surface area contributed by atoms with Crippen molar-refractivity contribution in [2.24, 2.45) is 0 Å². The van der Waals surface area contributed by atoms with E-state index < -0.39 is 17.5 Å². The van der Waals surface area contributed by atoms with Crippen LogP contribution in [0.25, 0.3) is 0 Å². The fourth-order valence-corrected chi connectivity index (χ4v) is 1.37. The monoisotopic (exact) mass is 248 g/mol. The predicted octanol–water partition coefficient (Wildman–Crippen LogP) is 1.88. The molecule has 0 bridgehead atoms. The zero-order valence-corrected chi connectivity index (χ0v) is 9.09. The minimum atomic E-state index is -0.943. The summed E-state index contributed by atoms with van der Waals surface area (Å²) >= 11 is 0. The lowest BCUT2D eigenvalue weighted by atomic mass is 10.2. The molecule has 1 aromatic carbocycles. The molecular weight excluding hydrogens is 239 g/mol. The summed E-state index contributed by atoms with van der Waals surface area (Å²) in [5, 5.41) is 20.8. The van der Waals surface area contributed by atoms with Crippen LogP contribution in [0, 0.1) is 5.82 Å². The van der Waals surface area contributed by atoms with Crippen LogP contribution >= 0.6 is 0 Å². The van der Waals surface area contributed by atoms with Gasteiger partial charge >= 0.3 is 0 Å². The van der Waals surface area contributed by atoms with Crippen molar-refractivity contribution in [3.8, 4) is 11.5 Å². The average molecular weight is 248 g/mol. The maximum atomic E-state index is 13.4. The van der Waals surface area contributed by atoms with Gasteiger partial charge in [-0.2, -0.15) is 0 Å². The van der Waals surface area contributed by atoms with Crippen LogP contribution in [0.2, 0.25) is 0 Å². The smallest absolute Gasteiger partial charge is 0.278 e. The van der Waals surface area contributed by atoms with Gasteiger partial charge in [0.2, 0.25) is 0 Å². The summed E-state index contributed by atoms with van der Waals surface area (Å²) in [6.07, 6.45) is 1.33. The molecule has 0 radical (unpaired) electrons. The molecule has 0 aliphatic carbocycles. The molecule has 1 amide bonds. The first kappa shape index (κ1) is 11.8. The van der Waals surface area contributed by atoms with Crippen molar-refractivity contribution in [1.82, 2.24) is 4.98 Å². The highest BCUT2D eigenvalue weighted by Crippen LogP contribution is 2.24. The molecule has 92 valence electrons. The van der Waals surface area contributed by atoms with Crippen LogP contribution in [0.4, 0.5) is 10.1 Å². The average Bonchev–Trinajstić information content (AvgIpc) is 2.35. The van der Waals surface area contributed by atoms with Gasteiger partial charge in [0.25, 0.3) is 5.91 Å². The van der Waals surface area contributed by atoms with Crippen molar-refractivity contribution in [3.63, 3.8) is 0 Å². The van der Waals surface area contributed by atoms with E-state index in [9.17, 15) is 14.3 Å². The van der Waals surface area contributed by atoms with Gasteiger partial charge in [0.1, 0.15) is 5.75 Å². The van der Waals surface area contributed by atoms with Crippen LogP contribution in [-0.2, 0) is 0 Å². The Morgan fingerprint density at radius 2 is 1.89 bits per heavy atom. The Morgan fingerprint density at radius 3 is 2.61 bits per heavy atom. The van der Waals surface area contributed by atoms with Crippen molar-refractivity contribution < 1.29 is 19.4 Å². The van der Waals surface area contributed by atoms with Gasteiger partial charge in [0, 0.05) is 6.20 Å². The van der Waals surface area contributed by atoms with Gasteiger partial charge in [-0.3, -0.25) is 4.79 Å². The summed E-state index contributed by atoms with van der Waals surface area (Å²) in [5.74, 6) is -2.59. The summed E-state index contributed by atoms with van der Waals surface area (Å²) in [5.41, 5.74) is -0.412. The van der Waals surface area contributed by atoms with Crippen LogP contribution in [0.1, 0.15) is 10.5 Å². The van der Waals surface area contributed by atoms with Crippen molar-refractivity contribution in [1.29, 1.82) is 0 Å². The number of amides is 1. The Bertz CT molecular complexity index is 602. The number of phenolic OH excluding ortho intramolecular Hbond substituents is 1. The van der Waals surface area contributed by atoms with Crippen molar-refractivity contribution >= 4 is 11.6 Å². The number of halogens is 1. The highest BCUT2D eigenvalue weighted by Gasteiger charge is 2.15. The number of benzene rings is 1. The first-order valence-corrected chi connectivity index (χ1v) is 5.02. The van der Waals surface area contributed by atoms with E-state index >= 15 is 0 Å². The number of hydrogen-bond acceptors (Lipinski definition) is 4.